The molecule has 0 radical (unpaired) electrons. The molecule has 7 heteroatoms. The maximum atomic E-state index is 11.8. The van der Waals surface area contributed by atoms with Gasteiger partial charge in [-0.05, 0) is 0 Å². The van der Waals surface area contributed by atoms with Crippen LogP contribution in [0, 0.1) is 0 Å². The number of carbonyl (C=O) groups excluding carboxylic acids is 1. The molecule has 2 heterocycles. The standard InChI is InChI=1S/C8H10ClN3OS2/c9-5-3-10-12-7(5)11-8(13)6-4-14-1-2-15-6/h3,6H,1-2,4H2,(H2,10,11,12,13). The Hall–Kier alpha value is -0.330. The fourth-order valence-electron chi connectivity index (χ4n) is 1.20. The number of hydrogen-bond acceptors (Lipinski definition) is 4. The smallest absolute Gasteiger partial charge is 0.239 e. The lowest BCUT2D eigenvalue weighted by Crippen LogP contribution is -2.30. The highest BCUT2D eigenvalue weighted by atomic mass is 35.5. The van der Waals surface area contributed by atoms with Gasteiger partial charge in [0.1, 0.15) is 10.8 Å². The van der Waals surface area contributed by atoms with Gasteiger partial charge in [-0.2, -0.15) is 16.9 Å². The summed E-state index contributed by atoms with van der Waals surface area (Å²) in [6.45, 7) is 0. The predicted molar refractivity (Wildman–Crippen MR) is 65.8 cm³/mol. The molecule has 0 aliphatic carbocycles. The molecule has 1 atom stereocenters. The number of nitrogens with zero attached hydrogens (tertiary/aromatic N) is 1. The van der Waals surface area contributed by atoms with Crippen molar-refractivity contribution in [2.45, 2.75) is 5.25 Å². The van der Waals surface area contributed by atoms with E-state index in [4.69, 9.17) is 11.6 Å². The first-order chi connectivity index (χ1) is 7.27. The third-order valence-electron chi connectivity index (χ3n) is 1.95. The lowest BCUT2D eigenvalue weighted by atomic mass is 10.4. The highest BCUT2D eigenvalue weighted by molar-refractivity contribution is 8.07. The molecule has 2 rings (SSSR count). The highest BCUT2D eigenvalue weighted by Gasteiger charge is 2.22. The van der Waals surface area contributed by atoms with Crippen LogP contribution in [0.1, 0.15) is 0 Å². The second-order valence-corrected chi connectivity index (χ2v) is 5.88. The van der Waals surface area contributed by atoms with Gasteiger partial charge in [-0.15, -0.1) is 11.8 Å². The number of thioether (sulfide) groups is 2. The van der Waals surface area contributed by atoms with Crippen molar-refractivity contribution in [3.63, 3.8) is 0 Å². The Labute approximate surface area is 101 Å². The van der Waals surface area contributed by atoms with Crippen LogP contribution in [0.3, 0.4) is 0 Å². The Morgan fingerprint density at radius 2 is 2.53 bits per heavy atom. The quantitative estimate of drug-likeness (QED) is 0.855. The fourth-order valence-corrected chi connectivity index (χ4v) is 3.90. The van der Waals surface area contributed by atoms with Crippen molar-refractivity contribution < 1.29 is 4.79 Å². The van der Waals surface area contributed by atoms with Crippen molar-refractivity contribution in [1.82, 2.24) is 10.2 Å². The summed E-state index contributed by atoms with van der Waals surface area (Å²) in [5, 5.41) is 9.58. The minimum atomic E-state index is -0.00153. The lowest BCUT2D eigenvalue weighted by molar-refractivity contribution is -0.115. The zero-order valence-corrected chi connectivity index (χ0v) is 10.2. The molecule has 0 bridgehead atoms. The van der Waals surface area contributed by atoms with Crippen molar-refractivity contribution in [2.24, 2.45) is 0 Å². The van der Waals surface area contributed by atoms with E-state index in [0.717, 1.165) is 17.3 Å². The molecular formula is C8H10ClN3OS2. The summed E-state index contributed by atoms with van der Waals surface area (Å²) in [6, 6.07) is 0. The maximum absolute atomic E-state index is 11.8. The van der Waals surface area contributed by atoms with Gasteiger partial charge in [0.15, 0.2) is 0 Å². The molecule has 1 saturated heterocycles. The Kier molecular flexibility index (Phi) is 3.82. The van der Waals surface area contributed by atoms with Gasteiger partial charge >= 0.3 is 0 Å². The number of halogens is 1. The number of aromatic nitrogens is 2. The van der Waals surface area contributed by atoms with E-state index in [1.165, 1.54) is 6.20 Å². The SMILES string of the molecule is O=C(Nc1[nH]ncc1Cl)C1CSCCS1. The highest BCUT2D eigenvalue weighted by Crippen LogP contribution is 2.26. The minimum Gasteiger partial charge on any atom is -0.309 e. The lowest BCUT2D eigenvalue weighted by Gasteiger charge is -2.19. The van der Waals surface area contributed by atoms with Crippen LogP contribution >= 0.6 is 35.1 Å². The molecule has 2 N–H and O–H groups in total. The fraction of sp³-hybridized carbons (Fsp3) is 0.500. The van der Waals surface area contributed by atoms with E-state index in [1.807, 2.05) is 11.8 Å². The molecule has 4 nitrogen and oxygen atoms in total. The number of carbonyl (C=O) groups is 1. The molecule has 1 amide bonds. The van der Waals surface area contributed by atoms with Gasteiger partial charge in [0.2, 0.25) is 5.91 Å². The summed E-state index contributed by atoms with van der Waals surface area (Å²) in [7, 11) is 0. The summed E-state index contributed by atoms with van der Waals surface area (Å²) in [5.41, 5.74) is 0. The zero-order chi connectivity index (χ0) is 10.7. The molecule has 82 valence electrons. The van der Waals surface area contributed by atoms with Gasteiger partial charge in [-0.3, -0.25) is 9.89 Å². The van der Waals surface area contributed by atoms with E-state index in [1.54, 1.807) is 11.8 Å². The molecule has 1 aliphatic rings. The molecule has 0 aromatic carbocycles. The monoisotopic (exact) mass is 263 g/mol. The van der Waals surface area contributed by atoms with E-state index in [2.05, 4.69) is 15.5 Å². The Morgan fingerprint density at radius 3 is 3.13 bits per heavy atom. The Balaban J connectivity index is 1.94. The van der Waals surface area contributed by atoms with Crippen molar-refractivity contribution in [2.75, 3.05) is 22.6 Å². The number of H-pyrrole nitrogens is 1. The van der Waals surface area contributed by atoms with E-state index in [9.17, 15) is 4.79 Å². The summed E-state index contributed by atoms with van der Waals surface area (Å²) < 4.78 is 0. The number of hydrogen-bond donors (Lipinski definition) is 2. The van der Waals surface area contributed by atoms with Crippen LogP contribution in [0.5, 0.6) is 0 Å². The van der Waals surface area contributed by atoms with Crippen LogP contribution in [0.15, 0.2) is 6.20 Å². The van der Waals surface area contributed by atoms with Crippen molar-refractivity contribution in [3.05, 3.63) is 11.2 Å². The minimum absolute atomic E-state index is 0.00153. The molecule has 1 unspecified atom stereocenters. The van der Waals surface area contributed by atoms with Gasteiger partial charge < -0.3 is 5.32 Å². The first-order valence-electron chi connectivity index (χ1n) is 4.46. The third kappa shape index (κ3) is 2.83. The number of anilines is 1. The second-order valence-electron chi connectivity index (χ2n) is 3.02. The van der Waals surface area contributed by atoms with Crippen molar-refractivity contribution in [1.29, 1.82) is 0 Å². The summed E-state index contributed by atoms with van der Waals surface area (Å²) >= 11 is 9.30. The van der Waals surface area contributed by atoms with Gasteiger partial charge in [0, 0.05) is 17.3 Å². The molecule has 1 aliphatic heterocycles. The first kappa shape index (κ1) is 11.2. The van der Waals surface area contributed by atoms with Crippen LogP contribution in [0.25, 0.3) is 0 Å². The second kappa shape index (κ2) is 5.14. The predicted octanol–water partition coefficient (Wildman–Crippen LogP) is 1.85. The summed E-state index contributed by atoms with van der Waals surface area (Å²) in [6.07, 6.45) is 1.47. The number of aromatic amines is 1. The van der Waals surface area contributed by atoms with Gasteiger partial charge in [-0.25, -0.2) is 0 Å². The molecule has 0 saturated carbocycles. The zero-order valence-electron chi connectivity index (χ0n) is 7.83. The van der Waals surface area contributed by atoms with Crippen LogP contribution in [-0.2, 0) is 4.79 Å². The average molecular weight is 264 g/mol. The molecule has 0 spiro atoms. The number of nitrogens with one attached hydrogen (secondary N) is 2. The molecule has 1 aromatic rings. The van der Waals surface area contributed by atoms with Gasteiger partial charge in [0.25, 0.3) is 0 Å². The Bertz CT molecular complexity index is 351. The van der Waals surface area contributed by atoms with E-state index < -0.39 is 0 Å². The van der Waals surface area contributed by atoms with Crippen LogP contribution in [0.4, 0.5) is 5.82 Å². The molecule has 15 heavy (non-hydrogen) atoms. The molecule has 1 fully saturated rings. The Morgan fingerprint density at radius 1 is 1.67 bits per heavy atom. The molecular weight excluding hydrogens is 254 g/mol. The third-order valence-corrected chi connectivity index (χ3v) is 4.99. The average Bonchev–Trinajstić information content (AvgIpc) is 2.66. The van der Waals surface area contributed by atoms with E-state index in [0.29, 0.717) is 10.8 Å². The first-order valence-corrected chi connectivity index (χ1v) is 7.04. The number of rotatable bonds is 2. The van der Waals surface area contributed by atoms with Gasteiger partial charge in [0.05, 0.1) is 11.4 Å². The summed E-state index contributed by atoms with van der Waals surface area (Å²) in [5.74, 6) is 3.50. The largest absolute Gasteiger partial charge is 0.309 e. The normalized spacial score (nSPS) is 21.3. The van der Waals surface area contributed by atoms with E-state index >= 15 is 0 Å². The summed E-state index contributed by atoms with van der Waals surface area (Å²) in [4.78, 5) is 11.8. The molecule has 1 aromatic heterocycles. The van der Waals surface area contributed by atoms with Crippen LogP contribution in [-0.4, -0.2) is 38.6 Å². The van der Waals surface area contributed by atoms with E-state index in [-0.39, 0.29) is 11.2 Å². The number of amides is 1. The maximum Gasteiger partial charge on any atom is 0.239 e. The van der Waals surface area contributed by atoms with Crippen LogP contribution < -0.4 is 5.32 Å². The topological polar surface area (TPSA) is 57.8 Å². The van der Waals surface area contributed by atoms with Crippen molar-refractivity contribution >= 4 is 46.8 Å². The van der Waals surface area contributed by atoms with Crippen LogP contribution in [0.2, 0.25) is 5.02 Å². The van der Waals surface area contributed by atoms with Crippen molar-refractivity contribution in [3.8, 4) is 0 Å². The van der Waals surface area contributed by atoms with Gasteiger partial charge in [-0.1, -0.05) is 11.6 Å².